The maximum atomic E-state index is 12.1. The van der Waals surface area contributed by atoms with Crippen LogP contribution in [-0.2, 0) is 23.8 Å². The van der Waals surface area contributed by atoms with Crippen LogP contribution in [0.25, 0.3) is 0 Å². The van der Waals surface area contributed by atoms with Crippen LogP contribution >= 0.6 is 0 Å². The number of carbonyl (C=O) groups is 2. The molecule has 0 saturated carbocycles. The fraction of sp³-hybridized carbons (Fsp3) is 0.368. The Morgan fingerprint density at radius 1 is 1.08 bits per heavy atom. The molecule has 3 atom stereocenters. The maximum absolute atomic E-state index is 12.1. The lowest BCUT2D eigenvalue weighted by Crippen LogP contribution is -2.28. The molecule has 3 rings (SSSR count). The molecule has 0 amide bonds. The van der Waals surface area contributed by atoms with Crippen molar-refractivity contribution in [3.05, 3.63) is 46.5 Å². The third kappa shape index (κ3) is 2.81. The minimum atomic E-state index is -0.565. The first kappa shape index (κ1) is 16.3. The van der Waals surface area contributed by atoms with Gasteiger partial charge in [-0.1, -0.05) is 29.5 Å². The van der Waals surface area contributed by atoms with Crippen LogP contribution in [0, 0.1) is 24.7 Å². The highest BCUT2D eigenvalue weighted by molar-refractivity contribution is 6.03. The lowest BCUT2D eigenvalue weighted by Gasteiger charge is -2.17. The molecule has 5 nitrogen and oxygen atoms in total. The number of ether oxygens (including phenoxy) is 3. The van der Waals surface area contributed by atoms with E-state index in [0.717, 1.165) is 5.56 Å². The summed E-state index contributed by atoms with van der Waals surface area (Å²) in [4.78, 5) is 24.0. The van der Waals surface area contributed by atoms with E-state index in [4.69, 9.17) is 14.2 Å². The van der Waals surface area contributed by atoms with Gasteiger partial charge in [0.05, 0.1) is 37.4 Å². The molecular formula is C19H18O5. The summed E-state index contributed by atoms with van der Waals surface area (Å²) < 4.78 is 15.4. The van der Waals surface area contributed by atoms with Gasteiger partial charge < -0.3 is 14.2 Å². The summed E-state index contributed by atoms with van der Waals surface area (Å²) in [7, 11) is 2.56. The second-order valence-corrected chi connectivity index (χ2v) is 5.83. The van der Waals surface area contributed by atoms with Gasteiger partial charge in [0, 0.05) is 5.56 Å². The van der Waals surface area contributed by atoms with E-state index in [1.165, 1.54) is 19.8 Å². The molecule has 2 heterocycles. The van der Waals surface area contributed by atoms with E-state index < -0.39 is 24.1 Å². The summed E-state index contributed by atoms with van der Waals surface area (Å²) in [6.45, 7) is 2.02. The van der Waals surface area contributed by atoms with Crippen LogP contribution in [0.1, 0.15) is 17.5 Å². The molecule has 0 N–H and O–H groups in total. The van der Waals surface area contributed by atoms with Crippen LogP contribution in [0.5, 0.6) is 0 Å². The Morgan fingerprint density at radius 3 is 2.33 bits per heavy atom. The fourth-order valence-corrected chi connectivity index (χ4v) is 3.10. The molecule has 2 aliphatic rings. The number of benzene rings is 1. The van der Waals surface area contributed by atoms with Gasteiger partial charge in [0.25, 0.3) is 0 Å². The maximum Gasteiger partial charge on any atom is 0.337 e. The van der Waals surface area contributed by atoms with Gasteiger partial charge in [0.1, 0.15) is 6.10 Å². The van der Waals surface area contributed by atoms with Gasteiger partial charge in [0.15, 0.2) is 0 Å². The van der Waals surface area contributed by atoms with Crippen molar-refractivity contribution in [3.8, 4) is 11.8 Å². The zero-order chi connectivity index (χ0) is 17.3. The molecule has 0 aliphatic carbocycles. The Balaban J connectivity index is 1.88. The second-order valence-electron chi connectivity index (χ2n) is 5.83. The normalized spacial score (nSPS) is 24.4. The van der Waals surface area contributed by atoms with E-state index in [0.29, 0.717) is 6.42 Å². The minimum absolute atomic E-state index is 0.154. The van der Waals surface area contributed by atoms with Gasteiger partial charge >= 0.3 is 11.9 Å². The molecule has 1 fully saturated rings. The van der Waals surface area contributed by atoms with Gasteiger partial charge in [0.2, 0.25) is 0 Å². The summed E-state index contributed by atoms with van der Waals surface area (Å²) in [5, 5.41) is 0. The zero-order valence-electron chi connectivity index (χ0n) is 13.8. The molecule has 2 aliphatic heterocycles. The van der Waals surface area contributed by atoms with Gasteiger partial charge in [-0.2, -0.15) is 0 Å². The summed E-state index contributed by atoms with van der Waals surface area (Å²) in [5.74, 6) is 5.01. The van der Waals surface area contributed by atoms with Crippen molar-refractivity contribution in [1.82, 2.24) is 0 Å². The summed E-state index contributed by atoms with van der Waals surface area (Å²) >= 11 is 0. The van der Waals surface area contributed by atoms with Gasteiger partial charge in [-0.25, -0.2) is 9.59 Å². The van der Waals surface area contributed by atoms with Crippen molar-refractivity contribution in [3.63, 3.8) is 0 Å². The first-order chi connectivity index (χ1) is 11.5. The zero-order valence-corrected chi connectivity index (χ0v) is 13.8. The number of rotatable bonds is 2. The highest BCUT2D eigenvalue weighted by atomic mass is 16.5. The van der Waals surface area contributed by atoms with E-state index >= 15 is 0 Å². The highest BCUT2D eigenvalue weighted by Gasteiger charge is 2.51. The number of fused-ring (bicyclic) bond motifs is 2. The summed E-state index contributed by atoms with van der Waals surface area (Å²) in [6.07, 6.45) is -0.447. The van der Waals surface area contributed by atoms with Gasteiger partial charge in [-0.3, -0.25) is 0 Å². The molecule has 1 aromatic carbocycles. The number of esters is 2. The SMILES string of the molecule is COC(=O)C1=C(C(=O)OC)C2OC1CC2C#Cc1ccc(C)cc1. The van der Waals surface area contributed by atoms with Crippen molar-refractivity contribution in [2.45, 2.75) is 25.6 Å². The van der Waals surface area contributed by atoms with Gasteiger partial charge in [-0.15, -0.1) is 0 Å². The van der Waals surface area contributed by atoms with Crippen molar-refractivity contribution < 1.29 is 23.8 Å². The Kier molecular flexibility index (Phi) is 4.41. The molecule has 2 bridgehead atoms. The van der Waals surface area contributed by atoms with Gasteiger partial charge in [-0.05, 0) is 25.5 Å². The second kappa shape index (κ2) is 6.50. The third-order valence-corrected chi connectivity index (χ3v) is 4.31. The van der Waals surface area contributed by atoms with Crippen LogP contribution < -0.4 is 0 Å². The Morgan fingerprint density at radius 2 is 1.71 bits per heavy atom. The predicted octanol–water partition coefficient (Wildman–Crippen LogP) is 1.78. The van der Waals surface area contributed by atoms with E-state index in [1.54, 1.807) is 0 Å². The number of aryl methyl sites for hydroxylation is 1. The molecule has 5 heteroatoms. The molecular weight excluding hydrogens is 308 g/mol. The van der Waals surface area contributed by atoms with Crippen molar-refractivity contribution >= 4 is 11.9 Å². The van der Waals surface area contributed by atoms with E-state index in [2.05, 4.69) is 11.8 Å². The molecule has 1 aromatic rings. The number of hydrogen-bond donors (Lipinski definition) is 0. The average molecular weight is 326 g/mol. The minimum Gasteiger partial charge on any atom is -0.466 e. The summed E-state index contributed by atoms with van der Waals surface area (Å²) in [5.41, 5.74) is 2.58. The number of methoxy groups -OCH3 is 2. The molecule has 124 valence electrons. The monoisotopic (exact) mass is 326 g/mol. The Bertz CT molecular complexity index is 763. The van der Waals surface area contributed by atoms with Crippen LogP contribution in [0.15, 0.2) is 35.4 Å². The number of carbonyl (C=O) groups excluding carboxylic acids is 2. The van der Waals surface area contributed by atoms with Crippen molar-refractivity contribution in [2.24, 2.45) is 5.92 Å². The number of hydrogen-bond acceptors (Lipinski definition) is 5. The lowest BCUT2D eigenvalue weighted by atomic mass is 9.84. The van der Waals surface area contributed by atoms with Crippen LogP contribution in [0.3, 0.4) is 0 Å². The molecule has 24 heavy (non-hydrogen) atoms. The fourth-order valence-electron chi connectivity index (χ4n) is 3.10. The van der Waals surface area contributed by atoms with Crippen LogP contribution in [-0.4, -0.2) is 38.4 Å². The predicted molar refractivity (Wildman–Crippen MR) is 85.9 cm³/mol. The third-order valence-electron chi connectivity index (χ3n) is 4.31. The first-order valence-electron chi connectivity index (χ1n) is 7.69. The lowest BCUT2D eigenvalue weighted by molar-refractivity contribution is -0.139. The van der Waals surface area contributed by atoms with E-state index in [9.17, 15) is 9.59 Å². The van der Waals surface area contributed by atoms with E-state index in [-0.39, 0.29) is 17.1 Å². The highest BCUT2D eigenvalue weighted by Crippen LogP contribution is 2.43. The van der Waals surface area contributed by atoms with Crippen molar-refractivity contribution in [1.29, 1.82) is 0 Å². The summed E-state index contributed by atoms with van der Waals surface area (Å²) in [6, 6.07) is 7.90. The molecule has 3 unspecified atom stereocenters. The first-order valence-corrected chi connectivity index (χ1v) is 7.69. The molecule has 0 radical (unpaired) electrons. The van der Waals surface area contributed by atoms with Crippen molar-refractivity contribution in [2.75, 3.05) is 14.2 Å². The smallest absolute Gasteiger partial charge is 0.337 e. The quantitative estimate of drug-likeness (QED) is 0.612. The average Bonchev–Trinajstić information content (AvgIpc) is 3.17. The standard InChI is InChI=1S/C19H18O5/c1-11-4-6-12(7-5-11)8-9-13-10-14-15(18(20)22-2)16(17(13)24-14)19(21)23-3/h4-7,13-14,17H,10H2,1-3H3. The Hall–Kier alpha value is -2.58. The van der Waals surface area contributed by atoms with Crippen LogP contribution in [0.2, 0.25) is 0 Å². The van der Waals surface area contributed by atoms with Crippen LogP contribution in [0.4, 0.5) is 0 Å². The van der Waals surface area contributed by atoms with E-state index in [1.807, 2.05) is 31.2 Å². The molecule has 0 aromatic heterocycles. The molecule has 1 saturated heterocycles. The molecule has 0 spiro atoms. The largest absolute Gasteiger partial charge is 0.466 e. The Labute approximate surface area is 140 Å². The topological polar surface area (TPSA) is 61.8 Å².